The van der Waals surface area contributed by atoms with E-state index >= 15 is 0 Å². The number of aryl methyl sites for hydroxylation is 1. The molecule has 1 aromatic heterocycles. The first kappa shape index (κ1) is 15.2. The van der Waals surface area contributed by atoms with Gasteiger partial charge in [-0.05, 0) is 26.8 Å². The zero-order chi connectivity index (χ0) is 14.8. The number of pyridine rings is 1. The first-order valence-electron chi connectivity index (χ1n) is 7.25. The summed E-state index contributed by atoms with van der Waals surface area (Å²) in [4.78, 5) is 9.25. The fourth-order valence-electron chi connectivity index (χ4n) is 2.67. The highest BCUT2D eigenvalue weighted by molar-refractivity contribution is 5.48. The van der Waals surface area contributed by atoms with Gasteiger partial charge in [-0.15, -0.1) is 0 Å². The van der Waals surface area contributed by atoms with Crippen LogP contribution in [0.25, 0.3) is 0 Å². The van der Waals surface area contributed by atoms with Crippen LogP contribution in [-0.4, -0.2) is 53.3 Å². The molecule has 2 heterocycles. The molecule has 0 aromatic carbocycles. The van der Waals surface area contributed by atoms with E-state index in [1.54, 1.807) is 0 Å². The number of hydrogen-bond donors (Lipinski definition) is 2. The average Bonchev–Trinajstić information content (AvgIpc) is 2.38. The number of piperazine rings is 1. The molecule has 5 heteroatoms. The number of aliphatic hydroxyl groups is 1. The van der Waals surface area contributed by atoms with Crippen molar-refractivity contribution in [1.82, 2.24) is 9.88 Å². The Balaban J connectivity index is 2.02. The van der Waals surface area contributed by atoms with E-state index in [9.17, 15) is 5.11 Å². The van der Waals surface area contributed by atoms with Gasteiger partial charge < -0.3 is 15.7 Å². The number of nitrogens with zero attached hydrogens (tertiary/aromatic N) is 3. The predicted octanol–water partition coefficient (Wildman–Crippen LogP) is 0.742. The number of aromatic nitrogens is 1. The minimum atomic E-state index is -0.633. The molecule has 1 fully saturated rings. The number of hydrogen-bond acceptors (Lipinski definition) is 5. The second-order valence-corrected chi connectivity index (χ2v) is 6.22. The van der Waals surface area contributed by atoms with E-state index in [1.807, 2.05) is 26.8 Å². The highest BCUT2D eigenvalue weighted by Gasteiger charge is 2.24. The van der Waals surface area contributed by atoms with Gasteiger partial charge in [0, 0.05) is 50.5 Å². The van der Waals surface area contributed by atoms with Crippen molar-refractivity contribution in [2.75, 3.05) is 37.6 Å². The van der Waals surface area contributed by atoms with Crippen LogP contribution >= 0.6 is 0 Å². The summed E-state index contributed by atoms with van der Waals surface area (Å²) in [6, 6.07) is 4.08. The summed E-state index contributed by atoms with van der Waals surface area (Å²) in [7, 11) is 0. The first-order chi connectivity index (χ1) is 9.39. The largest absolute Gasteiger partial charge is 0.389 e. The Kier molecular flexibility index (Phi) is 4.62. The van der Waals surface area contributed by atoms with E-state index in [-0.39, 0.29) is 0 Å². The van der Waals surface area contributed by atoms with Crippen molar-refractivity contribution in [3.63, 3.8) is 0 Å². The molecule has 1 aliphatic rings. The van der Waals surface area contributed by atoms with Gasteiger partial charge >= 0.3 is 0 Å². The van der Waals surface area contributed by atoms with Crippen molar-refractivity contribution in [2.45, 2.75) is 32.9 Å². The van der Waals surface area contributed by atoms with E-state index in [1.165, 1.54) is 0 Å². The minimum absolute atomic E-state index is 0.520. The highest BCUT2D eigenvalue weighted by atomic mass is 16.3. The van der Waals surface area contributed by atoms with E-state index in [4.69, 9.17) is 5.73 Å². The molecule has 20 heavy (non-hydrogen) atoms. The summed E-state index contributed by atoms with van der Waals surface area (Å²) in [5, 5.41) is 9.89. The molecule has 0 unspecified atom stereocenters. The summed E-state index contributed by atoms with van der Waals surface area (Å²) in [6.07, 6.45) is 0. The Bertz CT molecular complexity index is 448. The molecular formula is C15H26N4O. The molecule has 0 amide bonds. The number of β-amino-alcohol motifs (C(OH)–C–C–N with tert-alkyl or cyclic N) is 1. The summed E-state index contributed by atoms with van der Waals surface area (Å²) >= 11 is 0. The third-order valence-corrected chi connectivity index (χ3v) is 3.60. The van der Waals surface area contributed by atoms with Gasteiger partial charge in [0.25, 0.3) is 0 Å². The van der Waals surface area contributed by atoms with Crippen LogP contribution in [0.4, 0.5) is 5.82 Å². The van der Waals surface area contributed by atoms with Crippen LogP contribution in [0, 0.1) is 6.92 Å². The molecular weight excluding hydrogens is 252 g/mol. The second-order valence-electron chi connectivity index (χ2n) is 6.22. The topological polar surface area (TPSA) is 65.6 Å². The third kappa shape index (κ3) is 3.91. The van der Waals surface area contributed by atoms with Crippen LogP contribution in [0.5, 0.6) is 0 Å². The molecule has 0 aliphatic carbocycles. The zero-order valence-corrected chi connectivity index (χ0v) is 12.8. The molecule has 1 saturated heterocycles. The Morgan fingerprint density at radius 3 is 2.45 bits per heavy atom. The van der Waals surface area contributed by atoms with Crippen LogP contribution in [0.2, 0.25) is 0 Å². The van der Waals surface area contributed by atoms with E-state index < -0.39 is 5.60 Å². The van der Waals surface area contributed by atoms with E-state index in [0.29, 0.717) is 13.1 Å². The molecule has 0 spiro atoms. The molecule has 1 aromatic rings. The molecule has 0 atom stereocenters. The van der Waals surface area contributed by atoms with Gasteiger partial charge in [-0.2, -0.15) is 0 Å². The van der Waals surface area contributed by atoms with Gasteiger partial charge in [-0.3, -0.25) is 4.90 Å². The molecule has 1 aliphatic heterocycles. The zero-order valence-electron chi connectivity index (χ0n) is 12.8. The highest BCUT2D eigenvalue weighted by Crippen LogP contribution is 2.20. The van der Waals surface area contributed by atoms with Crippen LogP contribution < -0.4 is 10.6 Å². The minimum Gasteiger partial charge on any atom is -0.389 e. The first-order valence-corrected chi connectivity index (χ1v) is 7.25. The Morgan fingerprint density at radius 2 is 1.90 bits per heavy atom. The monoisotopic (exact) mass is 278 g/mol. The summed E-state index contributed by atoms with van der Waals surface area (Å²) in [5.41, 5.74) is 7.30. The molecule has 0 saturated carbocycles. The van der Waals surface area contributed by atoms with Crippen LogP contribution in [0.3, 0.4) is 0 Å². The standard InChI is InChI=1S/C15H26N4O/c1-12-4-5-13(10-16)14(17-12)19-8-6-18(7-9-19)11-15(2,3)20/h4-5,20H,6-11,16H2,1-3H3. The normalized spacial score (nSPS) is 17.6. The van der Waals surface area contributed by atoms with Gasteiger partial charge in [0.15, 0.2) is 0 Å². The van der Waals surface area contributed by atoms with Crippen molar-refractivity contribution in [2.24, 2.45) is 5.73 Å². The molecule has 3 N–H and O–H groups in total. The molecule has 5 nitrogen and oxygen atoms in total. The Labute approximate surface area is 121 Å². The lowest BCUT2D eigenvalue weighted by molar-refractivity contribution is 0.0344. The lowest BCUT2D eigenvalue weighted by Gasteiger charge is -2.38. The maximum Gasteiger partial charge on any atom is 0.133 e. The van der Waals surface area contributed by atoms with Gasteiger partial charge in [0.1, 0.15) is 5.82 Å². The van der Waals surface area contributed by atoms with Crippen molar-refractivity contribution < 1.29 is 5.11 Å². The van der Waals surface area contributed by atoms with Crippen LogP contribution in [0.1, 0.15) is 25.1 Å². The van der Waals surface area contributed by atoms with Gasteiger partial charge in [0.2, 0.25) is 0 Å². The smallest absolute Gasteiger partial charge is 0.133 e. The summed E-state index contributed by atoms with van der Waals surface area (Å²) in [5.74, 6) is 1.02. The van der Waals surface area contributed by atoms with Gasteiger partial charge in [0.05, 0.1) is 5.60 Å². The number of anilines is 1. The van der Waals surface area contributed by atoms with Crippen molar-refractivity contribution in [1.29, 1.82) is 0 Å². The lowest BCUT2D eigenvalue weighted by Crippen LogP contribution is -2.51. The van der Waals surface area contributed by atoms with Crippen molar-refractivity contribution in [3.8, 4) is 0 Å². The molecule has 0 bridgehead atoms. The van der Waals surface area contributed by atoms with E-state index in [2.05, 4.69) is 20.9 Å². The average molecular weight is 278 g/mol. The fourth-order valence-corrected chi connectivity index (χ4v) is 2.67. The summed E-state index contributed by atoms with van der Waals surface area (Å²) < 4.78 is 0. The van der Waals surface area contributed by atoms with Gasteiger partial charge in [-0.25, -0.2) is 4.98 Å². The fraction of sp³-hybridized carbons (Fsp3) is 0.667. The van der Waals surface area contributed by atoms with Crippen molar-refractivity contribution in [3.05, 3.63) is 23.4 Å². The second kappa shape index (κ2) is 6.08. The van der Waals surface area contributed by atoms with Crippen molar-refractivity contribution >= 4 is 5.82 Å². The van der Waals surface area contributed by atoms with Crippen LogP contribution in [0.15, 0.2) is 12.1 Å². The van der Waals surface area contributed by atoms with Crippen LogP contribution in [-0.2, 0) is 6.54 Å². The number of nitrogens with two attached hydrogens (primary N) is 1. The maximum absolute atomic E-state index is 9.89. The quantitative estimate of drug-likeness (QED) is 0.850. The summed E-state index contributed by atoms with van der Waals surface area (Å²) in [6.45, 7) is 10.7. The Morgan fingerprint density at radius 1 is 1.25 bits per heavy atom. The molecule has 0 radical (unpaired) electrons. The predicted molar refractivity (Wildman–Crippen MR) is 81.8 cm³/mol. The lowest BCUT2D eigenvalue weighted by atomic mass is 10.1. The van der Waals surface area contributed by atoms with Gasteiger partial charge in [-0.1, -0.05) is 6.07 Å². The maximum atomic E-state index is 9.89. The molecule has 2 rings (SSSR count). The Hall–Kier alpha value is -1.17. The number of rotatable bonds is 4. The SMILES string of the molecule is Cc1ccc(CN)c(N2CCN(CC(C)(C)O)CC2)n1. The molecule has 112 valence electrons. The van der Waals surface area contributed by atoms with E-state index in [0.717, 1.165) is 43.3 Å². The third-order valence-electron chi connectivity index (χ3n) is 3.60.